The van der Waals surface area contributed by atoms with E-state index in [1.807, 2.05) is 0 Å². The number of isocyanates is 2. The van der Waals surface area contributed by atoms with Gasteiger partial charge in [-0.1, -0.05) is 6.07 Å². The molecule has 3 aromatic carbocycles. The molecule has 3 aromatic rings. The number of nitriles is 3. The third kappa shape index (κ3) is 7.17. The molecule has 0 atom stereocenters. The normalized spacial score (nSPS) is 9.40. The van der Waals surface area contributed by atoms with E-state index in [2.05, 4.69) is 20.6 Å². The molecule has 0 radical (unpaired) electrons. The monoisotopic (exact) mass is 578 g/mol. The van der Waals surface area contributed by atoms with Crippen LogP contribution in [-0.2, 0) is 9.59 Å². The number of urea groups is 2. The van der Waals surface area contributed by atoms with Gasteiger partial charge in [-0.25, -0.2) is 24.1 Å². The number of anilines is 3. The molecule has 4 amide bonds. The highest BCUT2D eigenvalue weighted by molar-refractivity contribution is 6.21. The zero-order valence-corrected chi connectivity index (χ0v) is 22.6. The minimum Gasteiger partial charge on any atom is -0.388 e. The van der Waals surface area contributed by atoms with Crippen LogP contribution < -0.4 is 29.7 Å². The van der Waals surface area contributed by atoms with Crippen molar-refractivity contribution in [2.75, 3.05) is 15.5 Å². The topological polar surface area (TPSA) is 219 Å². The SMILES string of the molecule is Cc1ccc(N(C(=O)Nc2cc(N=C=O)c(C)c(OC#N)c2)C(=O)Nc2cc(N=C=O)c(C)c(OC#N)c2)cc1OC#N. The lowest BCUT2D eigenvalue weighted by Gasteiger charge is -2.23. The number of aryl methyl sites for hydroxylation is 1. The van der Waals surface area contributed by atoms with Gasteiger partial charge in [0.1, 0.15) is 17.2 Å². The number of nitrogens with one attached hydrogen (secondary N) is 2. The van der Waals surface area contributed by atoms with Crippen molar-refractivity contribution in [1.29, 1.82) is 15.8 Å². The Bertz CT molecular complexity index is 1740. The van der Waals surface area contributed by atoms with Gasteiger partial charge in [-0.15, -0.1) is 15.8 Å². The molecule has 0 fully saturated rings. The fourth-order valence-corrected chi connectivity index (χ4v) is 3.70. The number of ether oxygens (including phenoxy) is 3. The van der Waals surface area contributed by atoms with Crippen molar-refractivity contribution in [2.24, 2.45) is 9.98 Å². The number of amides is 4. The first-order valence-electron chi connectivity index (χ1n) is 11.8. The fourth-order valence-electron chi connectivity index (χ4n) is 3.70. The zero-order chi connectivity index (χ0) is 31.5. The first-order valence-corrected chi connectivity index (χ1v) is 11.8. The summed E-state index contributed by atoms with van der Waals surface area (Å²) < 4.78 is 14.7. The number of benzene rings is 3. The molecule has 0 aliphatic heterocycles. The summed E-state index contributed by atoms with van der Waals surface area (Å²) in [4.78, 5) is 56.8. The summed E-state index contributed by atoms with van der Waals surface area (Å²) in [5, 5.41) is 31.9. The number of carbonyl (C=O) groups is 2. The summed E-state index contributed by atoms with van der Waals surface area (Å²) in [7, 11) is 0. The van der Waals surface area contributed by atoms with Gasteiger partial charge in [0.05, 0.1) is 17.1 Å². The van der Waals surface area contributed by atoms with E-state index in [1.165, 1.54) is 87.2 Å². The van der Waals surface area contributed by atoms with Crippen molar-refractivity contribution in [3.8, 4) is 36.0 Å². The largest absolute Gasteiger partial charge is 0.388 e. The van der Waals surface area contributed by atoms with Gasteiger partial charge in [0.2, 0.25) is 12.2 Å². The maximum absolute atomic E-state index is 13.6. The van der Waals surface area contributed by atoms with Gasteiger partial charge in [0, 0.05) is 40.7 Å². The van der Waals surface area contributed by atoms with Crippen LogP contribution in [0, 0.1) is 55.3 Å². The molecular formula is C28H18N8O7. The molecule has 3 rings (SSSR count). The van der Waals surface area contributed by atoms with Crippen LogP contribution >= 0.6 is 0 Å². The Hall–Kier alpha value is -6.97. The number of carbonyl (C=O) groups excluding carboxylic acids is 4. The zero-order valence-electron chi connectivity index (χ0n) is 22.6. The molecule has 0 aromatic heterocycles. The van der Waals surface area contributed by atoms with Crippen molar-refractivity contribution < 1.29 is 33.4 Å². The van der Waals surface area contributed by atoms with Crippen LogP contribution in [0.4, 0.5) is 38.0 Å². The van der Waals surface area contributed by atoms with E-state index in [0.29, 0.717) is 21.6 Å². The van der Waals surface area contributed by atoms with Crippen molar-refractivity contribution in [1.82, 2.24) is 0 Å². The second kappa shape index (κ2) is 13.9. The van der Waals surface area contributed by atoms with E-state index in [0.717, 1.165) is 0 Å². The van der Waals surface area contributed by atoms with Crippen LogP contribution in [0.1, 0.15) is 16.7 Å². The van der Waals surface area contributed by atoms with Gasteiger partial charge < -0.3 is 24.8 Å². The number of nitrogens with zero attached hydrogens (tertiary/aromatic N) is 6. The van der Waals surface area contributed by atoms with Gasteiger partial charge in [0.15, 0.2) is 0 Å². The standard InChI is InChI=1S/C28H18N8O7/c1-16-4-5-21(10-24(16)41-11-29)36(27(39)34-19-6-22(32-14-37)17(2)25(8-19)42-12-30)28(40)35-20-7-23(33-15-38)18(3)26(9-20)43-13-31/h4-10H,1-3H3,(H,34,39)(H,35,40). The van der Waals surface area contributed by atoms with Crippen molar-refractivity contribution in [3.05, 3.63) is 59.2 Å². The van der Waals surface area contributed by atoms with Gasteiger partial charge in [-0.05, 0) is 44.5 Å². The third-order valence-corrected chi connectivity index (χ3v) is 5.80. The quantitative estimate of drug-likeness (QED) is 0.197. The summed E-state index contributed by atoms with van der Waals surface area (Å²) in [5.74, 6) is -0.00698. The summed E-state index contributed by atoms with van der Waals surface area (Å²) in [5.41, 5.74) is 1.10. The molecule has 15 nitrogen and oxygen atoms in total. The number of imide groups is 1. The maximum atomic E-state index is 13.6. The first kappa shape index (κ1) is 30.6. The highest BCUT2D eigenvalue weighted by Gasteiger charge is 2.26. The Morgan fingerprint density at radius 1 is 0.698 bits per heavy atom. The number of rotatable bonds is 8. The summed E-state index contributed by atoms with van der Waals surface area (Å²) in [6, 6.07) is 7.17. The molecule has 0 unspecified atom stereocenters. The average molecular weight is 579 g/mol. The van der Waals surface area contributed by atoms with E-state index in [4.69, 9.17) is 30.0 Å². The molecule has 0 heterocycles. The molecule has 212 valence electrons. The van der Waals surface area contributed by atoms with Crippen LogP contribution in [-0.4, -0.2) is 24.2 Å². The van der Waals surface area contributed by atoms with Crippen molar-refractivity contribution in [2.45, 2.75) is 20.8 Å². The highest BCUT2D eigenvalue weighted by atomic mass is 16.5. The summed E-state index contributed by atoms with van der Waals surface area (Å²) >= 11 is 0. The Morgan fingerprint density at radius 3 is 1.56 bits per heavy atom. The smallest absolute Gasteiger partial charge is 0.334 e. The number of aliphatic imine (C=N–C) groups is 2. The molecular weight excluding hydrogens is 560 g/mol. The van der Waals surface area contributed by atoms with Crippen LogP contribution in [0.25, 0.3) is 0 Å². The molecule has 0 saturated carbocycles. The second-order valence-electron chi connectivity index (χ2n) is 8.37. The molecule has 0 saturated heterocycles. The molecule has 0 aliphatic carbocycles. The Morgan fingerprint density at radius 2 is 1.14 bits per heavy atom. The lowest BCUT2D eigenvalue weighted by molar-refractivity contribution is 0.246. The van der Waals surface area contributed by atoms with Crippen LogP contribution in [0.5, 0.6) is 17.2 Å². The molecule has 15 heteroatoms. The molecule has 0 bridgehead atoms. The van der Waals surface area contributed by atoms with Crippen LogP contribution in [0.2, 0.25) is 0 Å². The summed E-state index contributed by atoms with van der Waals surface area (Å²) in [6.45, 7) is 4.68. The maximum Gasteiger partial charge on any atom is 0.334 e. The molecule has 43 heavy (non-hydrogen) atoms. The Labute approximate surface area is 243 Å². The van der Waals surface area contributed by atoms with Gasteiger partial charge in [-0.3, -0.25) is 0 Å². The number of hydrogen-bond acceptors (Lipinski definition) is 12. The fraction of sp³-hybridized carbons (Fsp3) is 0.107. The average Bonchev–Trinajstić information content (AvgIpc) is 2.96. The van der Waals surface area contributed by atoms with E-state index in [1.54, 1.807) is 6.92 Å². The third-order valence-electron chi connectivity index (χ3n) is 5.80. The molecule has 2 N–H and O–H groups in total. The molecule has 0 spiro atoms. The molecule has 0 aliphatic rings. The second-order valence-corrected chi connectivity index (χ2v) is 8.37. The van der Waals surface area contributed by atoms with Crippen LogP contribution in [0.3, 0.4) is 0 Å². The van der Waals surface area contributed by atoms with Gasteiger partial charge >= 0.3 is 12.1 Å². The van der Waals surface area contributed by atoms with E-state index < -0.39 is 12.1 Å². The Kier molecular flexibility index (Phi) is 9.88. The van der Waals surface area contributed by atoms with Crippen molar-refractivity contribution in [3.63, 3.8) is 0 Å². The van der Waals surface area contributed by atoms with Crippen molar-refractivity contribution >= 4 is 52.7 Å². The van der Waals surface area contributed by atoms with E-state index in [-0.39, 0.29) is 45.7 Å². The predicted octanol–water partition coefficient (Wildman–Crippen LogP) is 5.40. The number of hydrogen-bond donors (Lipinski definition) is 2. The van der Waals surface area contributed by atoms with Gasteiger partial charge in [-0.2, -0.15) is 9.98 Å². The predicted molar refractivity (Wildman–Crippen MR) is 148 cm³/mol. The minimum atomic E-state index is -1.05. The van der Waals surface area contributed by atoms with E-state index >= 15 is 0 Å². The first-order chi connectivity index (χ1) is 20.7. The van der Waals surface area contributed by atoms with Crippen LogP contribution in [0.15, 0.2) is 52.4 Å². The minimum absolute atomic E-state index is 0.0177. The Balaban J connectivity index is 2.11. The highest BCUT2D eigenvalue weighted by Crippen LogP contribution is 2.35. The lowest BCUT2D eigenvalue weighted by atomic mass is 10.1. The van der Waals surface area contributed by atoms with Gasteiger partial charge in [0.25, 0.3) is 18.8 Å². The summed E-state index contributed by atoms with van der Waals surface area (Å²) in [6.07, 6.45) is 7.26. The van der Waals surface area contributed by atoms with E-state index in [9.17, 15) is 19.2 Å². The lowest BCUT2D eigenvalue weighted by Crippen LogP contribution is -2.42.